The van der Waals surface area contributed by atoms with Crippen molar-refractivity contribution in [1.29, 1.82) is 0 Å². The summed E-state index contributed by atoms with van der Waals surface area (Å²) >= 11 is 0. The molecule has 0 spiro atoms. The van der Waals surface area contributed by atoms with Gasteiger partial charge < -0.3 is 20.1 Å². The van der Waals surface area contributed by atoms with Crippen LogP contribution in [0.3, 0.4) is 0 Å². The molecule has 7 heteroatoms. The second kappa shape index (κ2) is 10.8. The van der Waals surface area contributed by atoms with Crippen molar-refractivity contribution in [2.75, 3.05) is 13.7 Å². The lowest BCUT2D eigenvalue weighted by atomic mass is 10.2. The van der Waals surface area contributed by atoms with Gasteiger partial charge in [-0.1, -0.05) is 36.4 Å². The fourth-order valence-corrected chi connectivity index (χ4v) is 2.32. The molecule has 0 aromatic heterocycles. The summed E-state index contributed by atoms with van der Waals surface area (Å²) in [5, 5.41) is 5.31. The molecule has 2 aromatic carbocycles. The van der Waals surface area contributed by atoms with Crippen LogP contribution in [0.2, 0.25) is 0 Å². The first kappa shape index (κ1) is 20.2. The normalized spacial score (nSPS) is 10.1. The van der Waals surface area contributed by atoms with Crippen molar-refractivity contribution in [3.05, 3.63) is 65.5 Å². The van der Waals surface area contributed by atoms with Crippen molar-refractivity contribution < 1.29 is 23.5 Å². The van der Waals surface area contributed by atoms with E-state index in [0.29, 0.717) is 18.5 Å². The van der Waals surface area contributed by atoms with E-state index in [2.05, 4.69) is 10.6 Å². The standard InChI is InChI=1S/C20H23FN2O4/c1-26-18-10-9-16(12-17(18)21)13-23-19(24)8-5-11-22-20(25)27-14-15-6-3-2-4-7-15/h2-4,6-7,9-10,12H,5,8,11,13-14H2,1H3,(H,22,25)(H,23,24). The topological polar surface area (TPSA) is 76.7 Å². The smallest absolute Gasteiger partial charge is 0.407 e. The zero-order valence-electron chi connectivity index (χ0n) is 15.2. The van der Waals surface area contributed by atoms with Gasteiger partial charge in [0.05, 0.1) is 7.11 Å². The van der Waals surface area contributed by atoms with Crippen molar-refractivity contribution in [3.63, 3.8) is 0 Å². The van der Waals surface area contributed by atoms with E-state index in [4.69, 9.17) is 9.47 Å². The maximum Gasteiger partial charge on any atom is 0.407 e. The number of hydrogen-bond acceptors (Lipinski definition) is 4. The van der Waals surface area contributed by atoms with E-state index in [1.54, 1.807) is 6.07 Å². The van der Waals surface area contributed by atoms with E-state index in [9.17, 15) is 14.0 Å². The average Bonchev–Trinajstić information content (AvgIpc) is 2.69. The first-order valence-electron chi connectivity index (χ1n) is 8.62. The highest BCUT2D eigenvalue weighted by Crippen LogP contribution is 2.17. The summed E-state index contributed by atoms with van der Waals surface area (Å²) in [6, 6.07) is 13.9. The number of halogens is 1. The third kappa shape index (κ3) is 7.35. The number of alkyl carbamates (subject to hydrolysis) is 1. The van der Waals surface area contributed by atoms with Gasteiger partial charge >= 0.3 is 6.09 Å². The van der Waals surface area contributed by atoms with Gasteiger partial charge in [0.25, 0.3) is 0 Å². The van der Waals surface area contributed by atoms with Crippen LogP contribution in [-0.4, -0.2) is 25.7 Å². The molecule has 6 nitrogen and oxygen atoms in total. The van der Waals surface area contributed by atoms with Crippen LogP contribution in [0.25, 0.3) is 0 Å². The number of benzene rings is 2. The van der Waals surface area contributed by atoms with Crippen LogP contribution < -0.4 is 15.4 Å². The molecule has 0 aliphatic rings. The molecule has 144 valence electrons. The summed E-state index contributed by atoms with van der Waals surface area (Å²) in [6.45, 7) is 0.760. The fraction of sp³-hybridized carbons (Fsp3) is 0.300. The summed E-state index contributed by atoms with van der Waals surface area (Å²) in [6.07, 6.45) is 0.203. The third-order valence-corrected chi connectivity index (χ3v) is 3.77. The van der Waals surface area contributed by atoms with Crippen LogP contribution in [0.15, 0.2) is 48.5 Å². The maximum absolute atomic E-state index is 13.6. The molecule has 2 amide bonds. The molecule has 2 aromatic rings. The molecular weight excluding hydrogens is 351 g/mol. The highest BCUT2D eigenvalue weighted by Gasteiger charge is 2.06. The first-order chi connectivity index (χ1) is 13.1. The van der Waals surface area contributed by atoms with E-state index >= 15 is 0 Å². The lowest BCUT2D eigenvalue weighted by molar-refractivity contribution is -0.121. The molecule has 0 saturated heterocycles. The highest BCUT2D eigenvalue weighted by atomic mass is 19.1. The Morgan fingerprint density at radius 3 is 2.52 bits per heavy atom. The average molecular weight is 374 g/mol. The zero-order chi connectivity index (χ0) is 19.5. The Bertz CT molecular complexity index is 753. The minimum atomic E-state index is -0.520. The van der Waals surface area contributed by atoms with Crippen molar-refractivity contribution in [1.82, 2.24) is 10.6 Å². The van der Waals surface area contributed by atoms with Crippen LogP contribution in [0.5, 0.6) is 5.75 Å². The molecule has 0 saturated carbocycles. The molecule has 0 atom stereocenters. The third-order valence-electron chi connectivity index (χ3n) is 3.77. The minimum absolute atomic E-state index is 0.162. The van der Waals surface area contributed by atoms with Gasteiger partial charge in [0.2, 0.25) is 5.91 Å². The second-order valence-corrected chi connectivity index (χ2v) is 5.84. The highest BCUT2D eigenvalue weighted by molar-refractivity contribution is 5.76. The van der Waals surface area contributed by atoms with Gasteiger partial charge in [0.1, 0.15) is 6.61 Å². The van der Waals surface area contributed by atoms with Gasteiger partial charge in [0, 0.05) is 19.5 Å². The van der Waals surface area contributed by atoms with E-state index in [0.717, 1.165) is 5.56 Å². The van der Waals surface area contributed by atoms with Crippen molar-refractivity contribution >= 4 is 12.0 Å². The van der Waals surface area contributed by atoms with Crippen LogP contribution in [0, 0.1) is 5.82 Å². The van der Waals surface area contributed by atoms with Crippen molar-refractivity contribution in [2.45, 2.75) is 26.0 Å². The fourth-order valence-electron chi connectivity index (χ4n) is 2.32. The summed E-state index contributed by atoms with van der Waals surface area (Å²) in [7, 11) is 1.39. The number of amides is 2. The van der Waals surface area contributed by atoms with Crippen LogP contribution >= 0.6 is 0 Å². The van der Waals surface area contributed by atoms with E-state index < -0.39 is 11.9 Å². The molecule has 0 fully saturated rings. The largest absolute Gasteiger partial charge is 0.494 e. The van der Waals surface area contributed by atoms with Crippen molar-refractivity contribution in [3.8, 4) is 5.75 Å². The summed E-state index contributed by atoms with van der Waals surface area (Å²) in [4.78, 5) is 23.4. The molecule has 27 heavy (non-hydrogen) atoms. The van der Waals surface area contributed by atoms with Crippen molar-refractivity contribution in [2.24, 2.45) is 0 Å². The van der Waals surface area contributed by atoms with Gasteiger partial charge in [-0.2, -0.15) is 0 Å². The molecule has 0 radical (unpaired) electrons. The molecule has 0 aliphatic heterocycles. The van der Waals surface area contributed by atoms with Crippen LogP contribution in [0.4, 0.5) is 9.18 Å². The van der Waals surface area contributed by atoms with E-state index in [1.807, 2.05) is 30.3 Å². The monoisotopic (exact) mass is 374 g/mol. The molecular formula is C20H23FN2O4. The Kier molecular flexibility index (Phi) is 8.09. The van der Waals surface area contributed by atoms with Crippen LogP contribution in [-0.2, 0) is 22.7 Å². The van der Waals surface area contributed by atoms with Gasteiger partial charge in [-0.15, -0.1) is 0 Å². The molecule has 2 N–H and O–H groups in total. The van der Waals surface area contributed by atoms with E-state index in [-0.39, 0.29) is 31.2 Å². The van der Waals surface area contributed by atoms with Crippen LogP contribution in [0.1, 0.15) is 24.0 Å². The summed E-state index contributed by atoms with van der Waals surface area (Å²) in [5.74, 6) is -0.483. The lowest BCUT2D eigenvalue weighted by Crippen LogP contribution is -2.27. The predicted molar refractivity (Wildman–Crippen MR) is 98.7 cm³/mol. The Morgan fingerprint density at radius 1 is 1.04 bits per heavy atom. The molecule has 0 heterocycles. The zero-order valence-corrected chi connectivity index (χ0v) is 15.2. The number of hydrogen-bond donors (Lipinski definition) is 2. The number of methoxy groups -OCH3 is 1. The van der Waals surface area contributed by atoms with Gasteiger partial charge in [0.15, 0.2) is 11.6 Å². The summed E-state index contributed by atoms with van der Waals surface area (Å²) in [5.41, 5.74) is 1.55. The Hall–Kier alpha value is -3.09. The minimum Gasteiger partial charge on any atom is -0.494 e. The number of carbonyl (C=O) groups excluding carboxylic acids is 2. The number of ether oxygens (including phenoxy) is 2. The number of carbonyl (C=O) groups is 2. The Morgan fingerprint density at radius 2 is 1.81 bits per heavy atom. The molecule has 0 unspecified atom stereocenters. The van der Waals surface area contributed by atoms with Gasteiger partial charge in [-0.25, -0.2) is 9.18 Å². The second-order valence-electron chi connectivity index (χ2n) is 5.84. The van der Waals surface area contributed by atoms with E-state index in [1.165, 1.54) is 19.2 Å². The lowest BCUT2D eigenvalue weighted by Gasteiger charge is -2.08. The SMILES string of the molecule is COc1ccc(CNC(=O)CCCNC(=O)OCc2ccccc2)cc1F. The van der Waals surface area contributed by atoms with Gasteiger partial charge in [-0.05, 0) is 29.7 Å². The molecule has 0 bridgehead atoms. The number of rotatable bonds is 9. The summed E-state index contributed by atoms with van der Waals surface area (Å²) < 4.78 is 23.5. The predicted octanol–water partition coefficient (Wildman–Crippen LogP) is 3.16. The molecule has 0 aliphatic carbocycles. The first-order valence-corrected chi connectivity index (χ1v) is 8.62. The maximum atomic E-state index is 13.6. The Balaban J connectivity index is 1.57. The quantitative estimate of drug-likeness (QED) is 0.661. The van der Waals surface area contributed by atoms with Gasteiger partial charge in [-0.3, -0.25) is 4.79 Å². The molecule has 2 rings (SSSR count). The number of nitrogens with one attached hydrogen (secondary N) is 2. The Labute approximate surface area is 157 Å².